The van der Waals surface area contributed by atoms with E-state index in [9.17, 15) is 14.7 Å². The number of ether oxygens (including phenoxy) is 1. The molecule has 0 bridgehead atoms. The minimum absolute atomic E-state index is 0.217. The summed E-state index contributed by atoms with van der Waals surface area (Å²) in [5.41, 5.74) is -0.625. The van der Waals surface area contributed by atoms with Crippen LogP contribution in [0, 0.1) is 0 Å². The van der Waals surface area contributed by atoms with Crippen LogP contribution in [0.5, 0.6) is 5.75 Å². The second-order valence-corrected chi connectivity index (χ2v) is 8.91. The van der Waals surface area contributed by atoms with Crippen LogP contribution in [0.25, 0.3) is 0 Å². The molecule has 2 aliphatic heterocycles. The Kier molecular flexibility index (Phi) is 3.82. The van der Waals surface area contributed by atoms with E-state index in [-0.39, 0.29) is 24.9 Å². The van der Waals surface area contributed by atoms with Gasteiger partial charge in [0, 0.05) is 6.42 Å². The van der Waals surface area contributed by atoms with Gasteiger partial charge in [0.25, 0.3) is 5.91 Å². The molecule has 0 radical (unpaired) electrons. The average Bonchev–Trinajstić information content (AvgIpc) is 3.26. The molecule has 5 rings (SSSR count). The third-order valence-corrected chi connectivity index (χ3v) is 7.09. The largest absolute Gasteiger partial charge is 0.497 e. The first-order chi connectivity index (χ1) is 13.8. The number of urea groups is 1. The van der Waals surface area contributed by atoms with E-state index in [0.717, 1.165) is 15.9 Å². The molecule has 3 heterocycles. The van der Waals surface area contributed by atoms with E-state index in [4.69, 9.17) is 4.74 Å². The number of carbonyl (C=O) groups excluding carboxylic acids is 2. The van der Waals surface area contributed by atoms with E-state index in [0.29, 0.717) is 5.69 Å². The molecular formula is C20H21BrN4O4. The number of carbonyl (C=O) groups is 2. The number of benzene rings is 1. The number of halogens is 1. The van der Waals surface area contributed by atoms with Crippen molar-refractivity contribution in [2.24, 2.45) is 0 Å². The SMILES string of the molecule is COc1ccc(CN2C(=O)N[C@H]3[C@@H]4NC(=O)c5ccc(Br)n5[C@]4(C)C[C@]32O)cc1. The number of rotatable bonds is 3. The number of hydrogen-bond donors (Lipinski definition) is 3. The van der Waals surface area contributed by atoms with Gasteiger partial charge in [0.15, 0.2) is 5.72 Å². The molecule has 2 fully saturated rings. The smallest absolute Gasteiger partial charge is 0.320 e. The van der Waals surface area contributed by atoms with Crippen molar-refractivity contribution in [1.29, 1.82) is 0 Å². The van der Waals surface area contributed by atoms with Crippen LogP contribution in [0.3, 0.4) is 0 Å². The monoisotopic (exact) mass is 460 g/mol. The van der Waals surface area contributed by atoms with E-state index in [1.54, 1.807) is 13.2 Å². The van der Waals surface area contributed by atoms with Crippen LogP contribution >= 0.6 is 15.9 Å². The number of hydrogen-bond acceptors (Lipinski definition) is 4. The van der Waals surface area contributed by atoms with Crippen molar-refractivity contribution in [3.8, 4) is 5.75 Å². The van der Waals surface area contributed by atoms with Crippen molar-refractivity contribution in [3.63, 3.8) is 0 Å². The van der Waals surface area contributed by atoms with Gasteiger partial charge in [-0.25, -0.2) is 4.79 Å². The summed E-state index contributed by atoms with van der Waals surface area (Å²) in [4.78, 5) is 26.8. The fourth-order valence-electron chi connectivity index (χ4n) is 5.12. The van der Waals surface area contributed by atoms with Gasteiger partial charge in [-0.05, 0) is 52.7 Å². The summed E-state index contributed by atoms with van der Waals surface area (Å²) in [6.45, 7) is 2.25. The molecule has 0 unspecified atom stereocenters. The Hall–Kier alpha value is -2.52. The minimum Gasteiger partial charge on any atom is -0.497 e. The normalized spacial score (nSPS) is 32.3. The fourth-order valence-corrected chi connectivity index (χ4v) is 5.85. The lowest BCUT2D eigenvalue weighted by molar-refractivity contribution is -0.0753. The van der Waals surface area contributed by atoms with Crippen LogP contribution in [0.15, 0.2) is 41.0 Å². The van der Waals surface area contributed by atoms with Gasteiger partial charge in [-0.1, -0.05) is 12.1 Å². The maximum atomic E-state index is 12.7. The highest BCUT2D eigenvalue weighted by atomic mass is 79.9. The Bertz CT molecular complexity index is 1020. The second-order valence-electron chi connectivity index (χ2n) is 8.10. The predicted molar refractivity (Wildman–Crippen MR) is 107 cm³/mol. The van der Waals surface area contributed by atoms with Gasteiger partial charge in [0.05, 0.1) is 29.8 Å². The molecule has 3 amide bonds. The molecule has 1 aromatic heterocycles. The number of fused-ring (bicyclic) bond motifs is 5. The molecule has 1 aliphatic carbocycles. The van der Waals surface area contributed by atoms with E-state index < -0.39 is 23.3 Å². The van der Waals surface area contributed by atoms with Crippen LogP contribution in [0.2, 0.25) is 0 Å². The highest BCUT2D eigenvalue weighted by Crippen LogP contribution is 2.50. The Labute approximate surface area is 175 Å². The first-order valence-corrected chi connectivity index (χ1v) is 10.2. The predicted octanol–water partition coefficient (Wildman–Crippen LogP) is 1.77. The zero-order chi connectivity index (χ0) is 20.6. The molecule has 152 valence electrons. The summed E-state index contributed by atoms with van der Waals surface area (Å²) in [5.74, 6) is 0.508. The summed E-state index contributed by atoms with van der Waals surface area (Å²) < 4.78 is 7.88. The van der Waals surface area contributed by atoms with E-state index >= 15 is 0 Å². The van der Waals surface area contributed by atoms with Gasteiger partial charge in [-0.2, -0.15) is 0 Å². The lowest BCUT2D eigenvalue weighted by Gasteiger charge is -2.41. The van der Waals surface area contributed by atoms with Crippen LogP contribution < -0.4 is 15.4 Å². The van der Waals surface area contributed by atoms with Crippen LogP contribution in [0.4, 0.5) is 4.79 Å². The third kappa shape index (κ3) is 2.40. The van der Waals surface area contributed by atoms with Crippen molar-refractivity contribution in [3.05, 3.63) is 52.3 Å². The third-order valence-electron chi connectivity index (χ3n) is 6.47. The zero-order valence-corrected chi connectivity index (χ0v) is 17.6. The molecule has 1 saturated carbocycles. The first kappa shape index (κ1) is 18.5. The molecule has 9 heteroatoms. The Balaban J connectivity index is 1.52. The summed E-state index contributed by atoms with van der Waals surface area (Å²) in [5, 5.41) is 17.6. The van der Waals surface area contributed by atoms with E-state index in [1.807, 2.05) is 41.8 Å². The van der Waals surface area contributed by atoms with Crippen molar-refractivity contribution in [2.45, 2.75) is 43.2 Å². The van der Waals surface area contributed by atoms with Gasteiger partial charge >= 0.3 is 6.03 Å². The standard InChI is InChI=1S/C20H21BrN4O4/c1-19-10-20(28)16(15(19)22-17(26)13-7-8-14(21)25(13)19)23-18(27)24(20)9-11-3-5-12(29-2)6-4-11/h3-8,15-16,28H,9-10H2,1-2H3,(H,22,26)(H,23,27)/t15-,16-,19+,20-/m0/s1. The zero-order valence-electron chi connectivity index (χ0n) is 16.0. The highest BCUT2D eigenvalue weighted by molar-refractivity contribution is 9.10. The fraction of sp³-hybridized carbons (Fsp3) is 0.400. The van der Waals surface area contributed by atoms with E-state index in [2.05, 4.69) is 26.6 Å². The summed E-state index contributed by atoms with van der Waals surface area (Å²) in [6.07, 6.45) is 0.283. The maximum absolute atomic E-state index is 12.7. The summed E-state index contributed by atoms with van der Waals surface area (Å²) in [7, 11) is 1.60. The molecule has 1 saturated heterocycles. The minimum atomic E-state index is -1.44. The number of nitrogens with zero attached hydrogens (tertiary/aromatic N) is 2. The number of aliphatic hydroxyl groups is 1. The van der Waals surface area contributed by atoms with Crippen LogP contribution in [-0.2, 0) is 12.1 Å². The first-order valence-electron chi connectivity index (χ1n) is 9.40. The molecule has 8 nitrogen and oxygen atoms in total. The molecule has 0 spiro atoms. The number of nitrogens with one attached hydrogen (secondary N) is 2. The Morgan fingerprint density at radius 3 is 2.59 bits per heavy atom. The van der Waals surface area contributed by atoms with Gasteiger partial charge < -0.3 is 25.0 Å². The van der Waals surface area contributed by atoms with Crippen molar-refractivity contribution in [2.75, 3.05) is 7.11 Å². The highest BCUT2D eigenvalue weighted by Gasteiger charge is 2.68. The van der Waals surface area contributed by atoms with E-state index in [1.165, 1.54) is 4.90 Å². The van der Waals surface area contributed by atoms with Gasteiger partial charge in [-0.3, -0.25) is 9.69 Å². The Morgan fingerprint density at radius 1 is 1.17 bits per heavy atom. The number of methoxy groups -OCH3 is 1. The molecule has 29 heavy (non-hydrogen) atoms. The van der Waals surface area contributed by atoms with Crippen LogP contribution in [0.1, 0.15) is 29.4 Å². The molecule has 2 aromatic rings. The lowest BCUT2D eigenvalue weighted by atomic mass is 9.91. The van der Waals surface area contributed by atoms with Crippen molar-refractivity contribution in [1.82, 2.24) is 20.1 Å². The topological polar surface area (TPSA) is 95.8 Å². The number of amides is 3. The van der Waals surface area contributed by atoms with Crippen molar-refractivity contribution >= 4 is 27.9 Å². The van der Waals surface area contributed by atoms with Crippen LogP contribution in [-0.4, -0.2) is 51.4 Å². The Morgan fingerprint density at radius 2 is 1.90 bits per heavy atom. The number of aromatic nitrogens is 1. The molecule has 1 aromatic carbocycles. The second kappa shape index (κ2) is 5.99. The van der Waals surface area contributed by atoms with Gasteiger partial charge in [0.1, 0.15) is 17.5 Å². The maximum Gasteiger partial charge on any atom is 0.320 e. The average molecular weight is 461 g/mol. The van der Waals surface area contributed by atoms with Gasteiger partial charge in [0.2, 0.25) is 0 Å². The quantitative estimate of drug-likeness (QED) is 0.650. The lowest BCUT2D eigenvalue weighted by Crippen LogP contribution is -2.61. The van der Waals surface area contributed by atoms with Crippen molar-refractivity contribution < 1.29 is 19.4 Å². The van der Waals surface area contributed by atoms with Gasteiger partial charge in [-0.15, -0.1) is 0 Å². The molecule has 4 atom stereocenters. The molecule has 3 aliphatic rings. The summed E-state index contributed by atoms with van der Waals surface area (Å²) >= 11 is 3.53. The molecule has 3 N–H and O–H groups in total. The molecular weight excluding hydrogens is 440 g/mol. The summed E-state index contributed by atoms with van der Waals surface area (Å²) in [6, 6.07) is 9.56.